The molecule has 0 bridgehead atoms. The molecule has 0 spiro atoms. The first-order valence-electron chi connectivity index (χ1n) is 7.08. The number of nitrogens with two attached hydrogens (primary N) is 2. The predicted octanol–water partition coefficient (Wildman–Crippen LogP) is 2.31. The van der Waals surface area contributed by atoms with Gasteiger partial charge in [0, 0.05) is 6.08 Å². The fourth-order valence-corrected chi connectivity index (χ4v) is 2.35. The van der Waals surface area contributed by atoms with Crippen LogP contribution in [0.25, 0.3) is 6.08 Å². The Morgan fingerprint density at radius 3 is 2.23 bits per heavy atom. The summed E-state index contributed by atoms with van der Waals surface area (Å²) < 4.78 is 0. The molecule has 5 N–H and O–H groups in total. The molecule has 0 aromatic heterocycles. The molecule has 4 heteroatoms. The zero-order chi connectivity index (χ0) is 15.4. The molecule has 0 saturated heterocycles. The molecular weight excluding hydrogens is 272 g/mol. The molecule has 2 aromatic rings. The minimum Gasteiger partial charge on any atom is -0.385 e. The fraction of sp³-hybridized carbons (Fsp3) is 0.0556. The number of aliphatic imine (C=N–C) groups is 1. The maximum atomic E-state index is 6.41. The summed E-state index contributed by atoms with van der Waals surface area (Å²) in [6.45, 7) is 0. The van der Waals surface area contributed by atoms with E-state index >= 15 is 0 Å². The van der Waals surface area contributed by atoms with E-state index in [4.69, 9.17) is 11.5 Å². The largest absolute Gasteiger partial charge is 0.385 e. The van der Waals surface area contributed by atoms with Crippen molar-refractivity contribution in [2.45, 2.75) is 5.66 Å². The molecule has 3 rings (SSSR count). The van der Waals surface area contributed by atoms with Crippen molar-refractivity contribution < 1.29 is 0 Å². The van der Waals surface area contributed by atoms with Crippen LogP contribution in [0.15, 0.2) is 83.6 Å². The lowest BCUT2D eigenvalue weighted by Gasteiger charge is -2.28. The third-order valence-corrected chi connectivity index (χ3v) is 3.42. The molecule has 1 aliphatic rings. The van der Waals surface area contributed by atoms with Gasteiger partial charge in [0.15, 0.2) is 5.66 Å². The van der Waals surface area contributed by atoms with Crippen molar-refractivity contribution in [3.8, 4) is 0 Å². The Balaban J connectivity index is 1.91. The van der Waals surface area contributed by atoms with Crippen LogP contribution in [0.2, 0.25) is 0 Å². The zero-order valence-electron chi connectivity index (χ0n) is 12.1. The Hall–Kier alpha value is -2.85. The highest BCUT2D eigenvalue weighted by atomic mass is 15.2. The summed E-state index contributed by atoms with van der Waals surface area (Å²) in [5, 5.41) is 3.03. The van der Waals surface area contributed by atoms with Crippen LogP contribution in [0.1, 0.15) is 11.1 Å². The zero-order valence-corrected chi connectivity index (χ0v) is 12.1. The van der Waals surface area contributed by atoms with E-state index in [0.717, 1.165) is 11.1 Å². The Morgan fingerprint density at radius 2 is 1.55 bits per heavy atom. The molecule has 110 valence electrons. The van der Waals surface area contributed by atoms with Crippen LogP contribution < -0.4 is 16.8 Å². The van der Waals surface area contributed by atoms with Gasteiger partial charge in [0.1, 0.15) is 11.7 Å². The normalized spacial score (nSPS) is 21.1. The lowest BCUT2D eigenvalue weighted by Crippen LogP contribution is -2.42. The summed E-state index contributed by atoms with van der Waals surface area (Å²) >= 11 is 0. The molecule has 2 aromatic carbocycles. The van der Waals surface area contributed by atoms with Gasteiger partial charge in [-0.3, -0.25) is 5.73 Å². The van der Waals surface area contributed by atoms with Crippen molar-refractivity contribution >= 4 is 11.9 Å². The Kier molecular flexibility index (Phi) is 3.76. The van der Waals surface area contributed by atoms with Gasteiger partial charge in [0.05, 0.1) is 0 Å². The number of rotatable bonds is 3. The van der Waals surface area contributed by atoms with Crippen LogP contribution in [0.5, 0.6) is 0 Å². The summed E-state index contributed by atoms with van der Waals surface area (Å²) in [5.41, 5.74) is 13.4. The highest BCUT2D eigenvalue weighted by molar-refractivity contribution is 5.98. The van der Waals surface area contributed by atoms with Gasteiger partial charge in [-0.25, -0.2) is 4.99 Å². The average Bonchev–Trinajstić information content (AvgIpc) is 2.54. The van der Waals surface area contributed by atoms with Crippen molar-refractivity contribution in [1.82, 2.24) is 5.32 Å². The molecule has 22 heavy (non-hydrogen) atoms. The molecule has 4 nitrogen and oxygen atoms in total. The van der Waals surface area contributed by atoms with E-state index in [-0.39, 0.29) is 0 Å². The molecule has 0 fully saturated rings. The first-order valence-corrected chi connectivity index (χ1v) is 7.08. The van der Waals surface area contributed by atoms with E-state index in [1.54, 1.807) is 6.08 Å². The highest BCUT2D eigenvalue weighted by Crippen LogP contribution is 2.24. The number of nitrogens with zero attached hydrogens (tertiary/aromatic N) is 1. The smallest absolute Gasteiger partial charge is 0.158 e. The summed E-state index contributed by atoms with van der Waals surface area (Å²) in [6.07, 6.45) is 5.57. The topological polar surface area (TPSA) is 76.4 Å². The summed E-state index contributed by atoms with van der Waals surface area (Å²) in [5.74, 6) is 1.13. The number of hydrogen-bond donors (Lipinski definition) is 3. The Morgan fingerprint density at radius 1 is 0.909 bits per heavy atom. The first kappa shape index (κ1) is 14.1. The molecular formula is C18H18N4. The van der Waals surface area contributed by atoms with Crippen molar-refractivity contribution in [2.24, 2.45) is 16.5 Å². The van der Waals surface area contributed by atoms with Crippen LogP contribution >= 0.6 is 0 Å². The van der Waals surface area contributed by atoms with E-state index in [1.807, 2.05) is 72.8 Å². The van der Waals surface area contributed by atoms with Gasteiger partial charge in [0.25, 0.3) is 0 Å². The average molecular weight is 290 g/mol. The number of benzene rings is 2. The first-order chi connectivity index (χ1) is 10.7. The second-order valence-electron chi connectivity index (χ2n) is 5.16. The van der Waals surface area contributed by atoms with Crippen molar-refractivity contribution in [3.63, 3.8) is 0 Å². The lowest BCUT2D eigenvalue weighted by molar-refractivity contribution is 0.574. The van der Waals surface area contributed by atoms with Crippen molar-refractivity contribution in [3.05, 3.63) is 89.8 Å². The van der Waals surface area contributed by atoms with Crippen LogP contribution in [0, 0.1) is 0 Å². The number of hydrogen-bond acceptors (Lipinski definition) is 4. The number of amidine groups is 1. The van der Waals surface area contributed by atoms with E-state index in [1.165, 1.54) is 0 Å². The Bertz CT molecular complexity index is 732. The third kappa shape index (κ3) is 3.07. The van der Waals surface area contributed by atoms with E-state index in [0.29, 0.717) is 11.7 Å². The van der Waals surface area contributed by atoms with E-state index < -0.39 is 5.66 Å². The second-order valence-corrected chi connectivity index (χ2v) is 5.16. The fourth-order valence-electron chi connectivity index (χ4n) is 2.35. The van der Waals surface area contributed by atoms with Gasteiger partial charge in [-0.05, 0) is 17.2 Å². The van der Waals surface area contributed by atoms with Gasteiger partial charge in [-0.1, -0.05) is 66.7 Å². The minimum absolute atomic E-state index is 0.495. The molecule has 1 atom stereocenters. The quantitative estimate of drug-likeness (QED) is 0.812. The summed E-state index contributed by atoms with van der Waals surface area (Å²) in [4.78, 5) is 4.59. The van der Waals surface area contributed by atoms with E-state index in [2.05, 4.69) is 10.3 Å². The predicted molar refractivity (Wildman–Crippen MR) is 90.6 cm³/mol. The van der Waals surface area contributed by atoms with Gasteiger partial charge in [-0.15, -0.1) is 0 Å². The van der Waals surface area contributed by atoms with Crippen molar-refractivity contribution in [2.75, 3.05) is 0 Å². The molecule has 1 unspecified atom stereocenters. The molecule has 0 radical (unpaired) electrons. The SMILES string of the molecule is NC1=CC(N)(c2ccccc2)N=C(C=Cc2ccccc2)N1. The highest BCUT2D eigenvalue weighted by Gasteiger charge is 2.27. The van der Waals surface area contributed by atoms with Gasteiger partial charge < -0.3 is 11.1 Å². The van der Waals surface area contributed by atoms with Crippen LogP contribution in [-0.2, 0) is 5.66 Å². The standard InChI is InChI=1S/C18H18N4/c19-16-13-18(20,15-9-5-2-6-10-15)22-17(21-16)12-11-14-7-3-1-4-8-14/h1-13H,19-20H2,(H,21,22). The van der Waals surface area contributed by atoms with Gasteiger partial charge >= 0.3 is 0 Å². The number of nitrogens with one attached hydrogen (secondary N) is 1. The Labute approximate surface area is 129 Å². The van der Waals surface area contributed by atoms with Gasteiger partial charge in [0.2, 0.25) is 0 Å². The molecule has 0 saturated carbocycles. The maximum Gasteiger partial charge on any atom is 0.158 e. The van der Waals surface area contributed by atoms with E-state index in [9.17, 15) is 0 Å². The molecule has 1 heterocycles. The minimum atomic E-state index is -0.951. The monoisotopic (exact) mass is 290 g/mol. The van der Waals surface area contributed by atoms with Crippen molar-refractivity contribution in [1.29, 1.82) is 0 Å². The molecule has 0 aliphatic carbocycles. The second kappa shape index (κ2) is 5.87. The summed E-state index contributed by atoms with van der Waals surface area (Å²) in [7, 11) is 0. The molecule has 1 aliphatic heterocycles. The van der Waals surface area contributed by atoms with Crippen LogP contribution in [-0.4, -0.2) is 5.84 Å². The molecule has 0 amide bonds. The third-order valence-electron chi connectivity index (χ3n) is 3.42. The van der Waals surface area contributed by atoms with Crippen LogP contribution in [0.4, 0.5) is 0 Å². The maximum absolute atomic E-state index is 6.41. The van der Waals surface area contributed by atoms with Crippen LogP contribution in [0.3, 0.4) is 0 Å². The van der Waals surface area contributed by atoms with Gasteiger partial charge in [-0.2, -0.15) is 0 Å². The lowest BCUT2D eigenvalue weighted by atomic mass is 9.99. The summed E-state index contributed by atoms with van der Waals surface area (Å²) in [6, 6.07) is 19.7.